The van der Waals surface area contributed by atoms with E-state index >= 15 is 0 Å². The van der Waals surface area contributed by atoms with Crippen molar-refractivity contribution in [3.63, 3.8) is 0 Å². The first kappa shape index (κ1) is 13.2. The molecule has 106 valence electrons. The Morgan fingerprint density at radius 1 is 1.05 bits per heavy atom. The maximum absolute atomic E-state index is 11.4. The van der Waals surface area contributed by atoms with E-state index in [2.05, 4.69) is 0 Å². The normalized spacial score (nSPS) is 10.7. The molecule has 4 heteroatoms. The summed E-state index contributed by atoms with van der Waals surface area (Å²) < 4.78 is 7.43. The van der Waals surface area contributed by atoms with Gasteiger partial charge in [-0.15, -0.1) is 0 Å². The van der Waals surface area contributed by atoms with Gasteiger partial charge < -0.3 is 14.4 Å². The molecule has 1 aromatic heterocycles. The summed E-state index contributed by atoms with van der Waals surface area (Å²) in [4.78, 5) is 11.4. The molecule has 0 spiro atoms. The molecule has 1 N–H and O–H groups in total. The third-order valence-corrected chi connectivity index (χ3v) is 3.36. The van der Waals surface area contributed by atoms with Crippen molar-refractivity contribution in [3.05, 3.63) is 66.4 Å². The second-order valence-corrected chi connectivity index (χ2v) is 4.71. The molecule has 0 fully saturated rings. The average Bonchev–Trinajstić information content (AvgIpc) is 2.88. The van der Waals surface area contributed by atoms with Crippen LogP contribution in [0.25, 0.3) is 10.9 Å². The molecule has 0 radical (unpaired) electrons. The number of fused-ring (bicyclic) bond motifs is 1. The van der Waals surface area contributed by atoms with Gasteiger partial charge in [0.25, 0.3) is 0 Å². The van der Waals surface area contributed by atoms with E-state index in [1.165, 1.54) is 0 Å². The van der Waals surface area contributed by atoms with Crippen molar-refractivity contribution < 1.29 is 14.6 Å². The SMILES string of the molecule is O=C(O)c1cc2ccccc2n1CCOc1ccccc1. The minimum absolute atomic E-state index is 0.285. The molecule has 0 unspecified atom stereocenters. The Kier molecular flexibility index (Phi) is 3.60. The van der Waals surface area contributed by atoms with E-state index in [1.54, 1.807) is 10.6 Å². The smallest absolute Gasteiger partial charge is 0.352 e. The Balaban J connectivity index is 1.82. The van der Waals surface area contributed by atoms with E-state index in [4.69, 9.17) is 4.74 Å². The van der Waals surface area contributed by atoms with Crippen molar-refractivity contribution in [2.24, 2.45) is 0 Å². The lowest BCUT2D eigenvalue weighted by atomic mass is 10.2. The average molecular weight is 281 g/mol. The third-order valence-electron chi connectivity index (χ3n) is 3.36. The van der Waals surface area contributed by atoms with Gasteiger partial charge in [-0.2, -0.15) is 0 Å². The number of benzene rings is 2. The Bertz CT molecular complexity index is 762. The number of hydrogen-bond donors (Lipinski definition) is 1. The van der Waals surface area contributed by atoms with Gasteiger partial charge in [-0.25, -0.2) is 4.79 Å². The van der Waals surface area contributed by atoms with Gasteiger partial charge in [0, 0.05) is 10.9 Å². The van der Waals surface area contributed by atoms with Gasteiger partial charge in [0.05, 0.1) is 6.54 Å². The predicted octanol–water partition coefficient (Wildman–Crippen LogP) is 3.42. The number of aromatic carboxylic acids is 1. The highest BCUT2D eigenvalue weighted by atomic mass is 16.5. The van der Waals surface area contributed by atoms with Gasteiger partial charge in [0.1, 0.15) is 18.1 Å². The lowest BCUT2D eigenvalue weighted by Crippen LogP contribution is -2.13. The monoisotopic (exact) mass is 281 g/mol. The Morgan fingerprint density at radius 3 is 2.52 bits per heavy atom. The topological polar surface area (TPSA) is 51.5 Å². The van der Waals surface area contributed by atoms with Crippen LogP contribution >= 0.6 is 0 Å². The quantitative estimate of drug-likeness (QED) is 0.779. The van der Waals surface area contributed by atoms with Crippen molar-refractivity contribution in [3.8, 4) is 5.75 Å². The van der Waals surface area contributed by atoms with Crippen LogP contribution in [-0.4, -0.2) is 22.2 Å². The van der Waals surface area contributed by atoms with E-state index in [-0.39, 0.29) is 5.69 Å². The number of para-hydroxylation sites is 2. The van der Waals surface area contributed by atoms with Crippen LogP contribution in [0.15, 0.2) is 60.7 Å². The van der Waals surface area contributed by atoms with Crippen molar-refractivity contribution in [1.82, 2.24) is 4.57 Å². The molecule has 3 rings (SSSR count). The highest BCUT2D eigenvalue weighted by Crippen LogP contribution is 2.20. The molecule has 0 aliphatic carbocycles. The van der Waals surface area contributed by atoms with Gasteiger partial charge >= 0.3 is 5.97 Å². The zero-order valence-corrected chi connectivity index (χ0v) is 11.4. The number of aromatic nitrogens is 1. The number of hydrogen-bond acceptors (Lipinski definition) is 2. The lowest BCUT2D eigenvalue weighted by Gasteiger charge is -2.10. The van der Waals surface area contributed by atoms with Crippen molar-refractivity contribution in [1.29, 1.82) is 0 Å². The summed E-state index contributed by atoms with van der Waals surface area (Å²) in [5.41, 5.74) is 1.19. The first-order valence-electron chi connectivity index (χ1n) is 6.75. The molecule has 0 amide bonds. The van der Waals surface area contributed by atoms with E-state index < -0.39 is 5.97 Å². The largest absolute Gasteiger partial charge is 0.492 e. The van der Waals surface area contributed by atoms with Crippen LogP contribution in [0.1, 0.15) is 10.5 Å². The van der Waals surface area contributed by atoms with Gasteiger partial charge in [-0.1, -0.05) is 36.4 Å². The summed E-state index contributed by atoms with van der Waals surface area (Å²) in [5, 5.41) is 10.2. The molecule has 3 aromatic rings. The molecule has 0 bridgehead atoms. The van der Waals surface area contributed by atoms with Gasteiger partial charge in [0.15, 0.2) is 0 Å². The van der Waals surface area contributed by atoms with Crippen LogP contribution in [0, 0.1) is 0 Å². The van der Waals surface area contributed by atoms with Crippen LogP contribution < -0.4 is 4.74 Å². The summed E-state index contributed by atoms with van der Waals surface area (Å²) in [5.74, 6) is -0.142. The molecule has 0 saturated heterocycles. The van der Waals surface area contributed by atoms with E-state index in [9.17, 15) is 9.90 Å². The van der Waals surface area contributed by atoms with Crippen molar-refractivity contribution >= 4 is 16.9 Å². The molecule has 0 saturated carbocycles. The van der Waals surface area contributed by atoms with Gasteiger partial charge in [-0.3, -0.25) is 0 Å². The van der Waals surface area contributed by atoms with Crippen LogP contribution in [0.5, 0.6) is 5.75 Å². The van der Waals surface area contributed by atoms with Crippen LogP contribution in [-0.2, 0) is 6.54 Å². The van der Waals surface area contributed by atoms with Crippen LogP contribution in [0.2, 0.25) is 0 Å². The molecule has 4 nitrogen and oxygen atoms in total. The summed E-state index contributed by atoms with van der Waals surface area (Å²) in [6, 6.07) is 18.8. The number of carbonyl (C=O) groups is 1. The number of carboxylic acid groups (broad SMARTS) is 1. The van der Waals surface area contributed by atoms with E-state index in [0.717, 1.165) is 16.7 Å². The van der Waals surface area contributed by atoms with E-state index in [1.807, 2.05) is 54.6 Å². The second kappa shape index (κ2) is 5.71. The number of carboxylic acids is 1. The fraction of sp³-hybridized carbons (Fsp3) is 0.118. The number of ether oxygens (including phenoxy) is 1. The zero-order valence-electron chi connectivity index (χ0n) is 11.4. The maximum Gasteiger partial charge on any atom is 0.352 e. The van der Waals surface area contributed by atoms with Crippen LogP contribution in [0.4, 0.5) is 0 Å². The standard InChI is InChI=1S/C17H15NO3/c19-17(20)16-12-13-6-4-5-9-15(13)18(16)10-11-21-14-7-2-1-3-8-14/h1-9,12H,10-11H2,(H,19,20). The number of nitrogens with zero attached hydrogens (tertiary/aromatic N) is 1. The molecular weight excluding hydrogens is 266 g/mol. The minimum atomic E-state index is -0.925. The molecule has 2 aromatic carbocycles. The Hall–Kier alpha value is -2.75. The molecule has 1 heterocycles. The lowest BCUT2D eigenvalue weighted by molar-refractivity contribution is 0.0685. The zero-order chi connectivity index (χ0) is 14.7. The summed E-state index contributed by atoms with van der Waals surface area (Å²) in [7, 11) is 0. The molecule has 21 heavy (non-hydrogen) atoms. The fourth-order valence-electron chi connectivity index (χ4n) is 2.40. The fourth-order valence-corrected chi connectivity index (χ4v) is 2.40. The summed E-state index contributed by atoms with van der Waals surface area (Å²) in [6.45, 7) is 0.910. The van der Waals surface area contributed by atoms with Gasteiger partial charge in [0.2, 0.25) is 0 Å². The highest BCUT2D eigenvalue weighted by molar-refractivity contribution is 5.94. The summed E-state index contributed by atoms with van der Waals surface area (Å²) in [6.07, 6.45) is 0. The Labute approximate surface area is 122 Å². The minimum Gasteiger partial charge on any atom is -0.492 e. The molecule has 0 aliphatic rings. The maximum atomic E-state index is 11.4. The molecular formula is C17H15NO3. The second-order valence-electron chi connectivity index (χ2n) is 4.71. The third kappa shape index (κ3) is 2.74. The Morgan fingerprint density at radius 2 is 1.76 bits per heavy atom. The predicted molar refractivity (Wildman–Crippen MR) is 80.8 cm³/mol. The first-order chi connectivity index (χ1) is 10.3. The van der Waals surface area contributed by atoms with E-state index in [0.29, 0.717) is 13.2 Å². The van der Waals surface area contributed by atoms with Crippen LogP contribution in [0.3, 0.4) is 0 Å². The summed E-state index contributed by atoms with van der Waals surface area (Å²) >= 11 is 0. The van der Waals surface area contributed by atoms with Crippen molar-refractivity contribution in [2.75, 3.05) is 6.61 Å². The van der Waals surface area contributed by atoms with Crippen molar-refractivity contribution in [2.45, 2.75) is 6.54 Å². The van der Waals surface area contributed by atoms with Gasteiger partial charge in [-0.05, 0) is 24.3 Å². The molecule has 0 atom stereocenters. The number of rotatable bonds is 5. The molecule has 0 aliphatic heterocycles. The highest BCUT2D eigenvalue weighted by Gasteiger charge is 2.13. The first-order valence-corrected chi connectivity index (χ1v) is 6.75.